The Morgan fingerprint density at radius 3 is 2.47 bits per heavy atom. The van der Waals surface area contributed by atoms with Gasteiger partial charge in [0.1, 0.15) is 11.6 Å². The molecule has 4 nitrogen and oxygen atoms in total. The molecule has 2 aromatic rings. The Kier molecular flexibility index (Phi) is 2.86. The highest BCUT2D eigenvalue weighted by molar-refractivity contribution is 5.33. The van der Waals surface area contributed by atoms with E-state index >= 15 is 0 Å². The predicted octanol–water partition coefficient (Wildman–Crippen LogP) is 1.52. The van der Waals surface area contributed by atoms with Crippen LogP contribution in [0.2, 0.25) is 0 Å². The van der Waals surface area contributed by atoms with E-state index in [-0.39, 0.29) is 11.6 Å². The maximum absolute atomic E-state index is 13.0. The summed E-state index contributed by atoms with van der Waals surface area (Å²) in [6.07, 6.45) is 2.61. The van der Waals surface area contributed by atoms with Crippen LogP contribution >= 0.6 is 0 Å². The van der Waals surface area contributed by atoms with Crippen molar-refractivity contribution < 1.29 is 13.5 Å². The van der Waals surface area contributed by atoms with E-state index in [1.165, 1.54) is 19.5 Å². The highest BCUT2D eigenvalue weighted by Crippen LogP contribution is 2.11. The second-order valence-corrected chi connectivity index (χ2v) is 3.24. The summed E-state index contributed by atoms with van der Waals surface area (Å²) in [7, 11) is 1.29. The van der Waals surface area contributed by atoms with Crippen LogP contribution in [0.1, 0.15) is 0 Å². The fraction of sp³-hybridized carbons (Fsp3) is 0.0909. The zero-order valence-corrected chi connectivity index (χ0v) is 8.85. The summed E-state index contributed by atoms with van der Waals surface area (Å²) in [6.45, 7) is 0. The molecule has 88 valence electrons. The first kappa shape index (κ1) is 11.3. The van der Waals surface area contributed by atoms with Crippen LogP contribution < -0.4 is 10.3 Å². The van der Waals surface area contributed by atoms with Gasteiger partial charge in [0.25, 0.3) is 5.88 Å². The van der Waals surface area contributed by atoms with Crippen molar-refractivity contribution in [2.75, 3.05) is 7.11 Å². The summed E-state index contributed by atoms with van der Waals surface area (Å²) < 4.78 is 31.8. The van der Waals surface area contributed by atoms with Gasteiger partial charge in [0.05, 0.1) is 12.8 Å². The van der Waals surface area contributed by atoms with E-state index in [9.17, 15) is 13.6 Å². The lowest BCUT2D eigenvalue weighted by atomic mass is 10.3. The second-order valence-electron chi connectivity index (χ2n) is 3.24. The Morgan fingerprint density at radius 2 is 1.88 bits per heavy atom. The van der Waals surface area contributed by atoms with Crippen LogP contribution in [0.25, 0.3) is 5.69 Å². The number of halogens is 2. The Bertz CT molecular complexity index is 590. The van der Waals surface area contributed by atoms with Gasteiger partial charge in [-0.2, -0.15) is 0 Å². The molecule has 0 aliphatic rings. The quantitative estimate of drug-likeness (QED) is 0.796. The minimum atomic E-state index is -0.761. The first-order valence-corrected chi connectivity index (χ1v) is 4.70. The maximum atomic E-state index is 13.0. The van der Waals surface area contributed by atoms with E-state index in [4.69, 9.17) is 4.74 Å². The second kappa shape index (κ2) is 4.32. The predicted molar refractivity (Wildman–Crippen MR) is 56.3 cm³/mol. The fourth-order valence-corrected chi connectivity index (χ4v) is 1.42. The summed E-state index contributed by atoms with van der Waals surface area (Å²) in [5.41, 5.74) is -0.506. The molecule has 1 aromatic heterocycles. The SMILES string of the molecule is COc1nccn(-c2cc(F)cc(F)c2)c1=O. The molecule has 0 atom stereocenters. The molecule has 0 saturated heterocycles. The van der Waals surface area contributed by atoms with Crippen LogP contribution in [0, 0.1) is 11.6 Å². The van der Waals surface area contributed by atoms with E-state index in [0.29, 0.717) is 0 Å². The van der Waals surface area contributed by atoms with Crippen LogP contribution in [-0.4, -0.2) is 16.7 Å². The van der Waals surface area contributed by atoms with Crippen LogP contribution in [0.4, 0.5) is 8.78 Å². The summed E-state index contributed by atoms with van der Waals surface area (Å²) in [5.74, 6) is -1.66. The van der Waals surface area contributed by atoms with E-state index in [0.717, 1.165) is 22.8 Å². The Morgan fingerprint density at radius 1 is 1.24 bits per heavy atom. The zero-order valence-electron chi connectivity index (χ0n) is 8.85. The molecule has 6 heteroatoms. The average Bonchev–Trinajstić information content (AvgIpc) is 2.28. The van der Waals surface area contributed by atoms with Gasteiger partial charge in [0.2, 0.25) is 0 Å². The van der Waals surface area contributed by atoms with Gasteiger partial charge in [0.15, 0.2) is 0 Å². The largest absolute Gasteiger partial charge is 0.477 e. The number of hydrogen-bond acceptors (Lipinski definition) is 3. The van der Waals surface area contributed by atoms with Crippen LogP contribution in [-0.2, 0) is 0 Å². The van der Waals surface area contributed by atoms with E-state index in [2.05, 4.69) is 4.98 Å². The van der Waals surface area contributed by atoms with Gasteiger partial charge in [-0.05, 0) is 12.1 Å². The molecular weight excluding hydrogens is 230 g/mol. The summed E-state index contributed by atoms with van der Waals surface area (Å²) in [6, 6.07) is 2.82. The molecule has 0 aliphatic carbocycles. The third-order valence-corrected chi connectivity index (χ3v) is 2.13. The van der Waals surface area contributed by atoms with Gasteiger partial charge in [0, 0.05) is 18.5 Å². The molecule has 0 unspecified atom stereocenters. The lowest BCUT2D eigenvalue weighted by Crippen LogP contribution is -2.20. The van der Waals surface area contributed by atoms with Crippen molar-refractivity contribution in [2.45, 2.75) is 0 Å². The van der Waals surface area contributed by atoms with Crippen LogP contribution in [0.3, 0.4) is 0 Å². The summed E-state index contributed by atoms with van der Waals surface area (Å²) in [5, 5.41) is 0. The Labute approximate surface area is 95.1 Å². The molecule has 17 heavy (non-hydrogen) atoms. The van der Waals surface area contributed by atoms with E-state index in [1.807, 2.05) is 0 Å². The van der Waals surface area contributed by atoms with Crippen molar-refractivity contribution in [3.05, 3.63) is 52.6 Å². The number of methoxy groups -OCH3 is 1. The number of ether oxygens (including phenoxy) is 1. The number of rotatable bonds is 2. The first-order valence-electron chi connectivity index (χ1n) is 4.70. The number of aromatic nitrogens is 2. The highest BCUT2D eigenvalue weighted by Gasteiger charge is 2.08. The normalized spacial score (nSPS) is 10.3. The Balaban J connectivity index is 2.64. The smallest absolute Gasteiger partial charge is 0.317 e. The van der Waals surface area contributed by atoms with Crippen molar-refractivity contribution in [3.63, 3.8) is 0 Å². The minimum Gasteiger partial charge on any atom is -0.477 e. The molecule has 0 fully saturated rings. The molecule has 1 aromatic carbocycles. The third kappa shape index (κ3) is 2.15. The van der Waals surface area contributed by atoms with E-state index < -0.39 is 17.2 Å². The number of hydrogen-bond donors (Lipinski definition) is 0. The standard InChI is InChI=1S/C11H8F2N2O2/c1-17-10-11(16)15(3-2-14-10)9-5-7(12)4-8(13)6-9/h2-6H,1H3. The minimum absolute atomic E-state index is 0.0770. The molecule has 0 aliphatic heterocycles. The molecule has 2 rings (SSSR count). The summed E-state index contributed by atoms with van der Waals surface area (Å²) >= 11 is 0. The van der Waals surface area contributed by atoms with Crippen LogP contribution in [0.15, 0.2) is 35.4 Å². The monoisotopic (exact) mass is 238 g/mol. The van der Waals surface area contributed by atoms with Crippen molar-refractivity contribution in [2.24, 2.45) is 0 Å². The average molecular weight is 238 g/mol. The van der Waals surface area contributed by atoms with Crippen molar-refractivity contribution >= 4 is 0 Å². The lowest BCUT2D eigenvalue weighted by Gasteiger charge is -2.06. The number of nitrogens with zero attached hydrogens (tertiary/aromatic N) is 2. The van der Waals surface area contributed by atoms with Crippen LogP contribution in [0.5, 0.6) is 5.88 Å². The van der Waals surface area contributed by atoms with Gasteiger partial charge in [-0.25, -0.2) is 13.8 Å². The van der Waals surface area contributed by atoms with Gasteiger partial charge in [-0.3, -0.25) is 9.36 Å². The summed E-state index contributed by atoms with van der Waals surface area (Å²) in [4.78, 5) is 15.4. The lowest BCUT2D eigenvalue weighted by molar-refractivity contribution is 0.388. The van der Waals surface area contributed by atoms with Crippen molar-refractivity contribution in [1.82, 2.24) is 9.55 Å². The van der Waals surface area contributed by atoms with Gasteiger partial charge in [-0.15, -0.1) is 0 Å². The fourth-order valence-electron chi connectivity index (χ4n) is 1.42. The molecular formula is C11H8F2N2O2. The van der Waals surface area contributed by atoms with Gasteiger partial charge in [-0.1, -0.05) is 0 Å². The number of benzene rings is 1. The van der Waals surface area contributed by atoms with Gasteiger partial charge < -0.3 is 4.74 Å². The zero-order chi connectivity index (χ0) is 12.4. The maximum Gasteiger partial charge on any atom is 0.317 e. The van der Waals surface area contributed by atoms with E-state index in [1.54, 1.807) is 0 Å². The van der Waals surface area contributed by atoms with Gasteiger partial charge >= 0.3 is 5.56 Å². The molecule has 0 radical (unpaired) electrons. The Hall–Kier alpha value is -2.24. The molecule has 0 amide bonds. The van der Waals surface area contributed by atoms with Crippen molar-refractivity contribution in [1.29, 1.82) is 0 Å². The van der Waals surface area contributed by atoms with Crippen molar-refractivity contribution in [3.8, 4) is 11.6 Å². The molecule has 0 N–H and O–H groups in total. The topological polar surface area (TPSA) is 44.1 Å². The molecule has 0 bridgehead atoms. The third-order valence-electron chi connectivity index (χ3n) is 2.13. The highest BCUT2D eigenvalue weighted by atomic mass is 19.1. The molecule has 0 spiro atoms. The molecule has 0 saturated carbocycles. The molecule has 1 heterocycles. The first-order chi connectivity index (χ1) is 8.11.